The van der Waals surface area contributed by atoms with Gasteiger partial charge in [-0.3, -0.25) is 14.5 Å². The first-order valence-electron chi connectivity index (χ1n) is 11.9. The summed E-state index contributed by atoms with van der Waals surface area (Å²) in [6.07, 6.45) is -4.09. The largest absolute Gasteiger partial charge is 0.456 e. The molecule has 6 nitrogen and oxygen atoms in total. The van der Waals surface area contributed by atoms with Crippen molar-refractivity contribution in [2.45, 2.75) is 63.4 Å². The van der Waals surface area contributed by atoms with Gasteiger partial charge in [-0.25, -0.2) is 4.39 Å². The van der Waals surface area contributed by atoms with Crippen LogP contribution in [0.3, 0.4) is 0 Å². The quantitative estimate of drug-likeness (QED) is 0.492. The number of likely N-dealkylation sites (N-methyl/N-ethyl adjacent to an activating group) is 1. The highest BCUT2D eigenvalue weighted by Gasteiger charge is 2.51. The summed E-state index contributed by atoms with van der Waals surface area (Å²) in [5.41, 5.74) is -2.28. The molecule has 0 unspecified atom stereocenters. The standard InChI is InChI=1S/C26H31F4N3O3/c1-23(2)15-31(5)25(20-9-8-19(33(20)23)21(34)26(28,29)30)10-12-32(13-11-25)22(35)16-6-7-17(18(27)14-16)24(3,4)36/h6-9,14,36H,10-13,15H2,1-5H3. The minimum Gasteiger partial charge on any atom is -0.386 e. The van der Waals surface area contributed by atoms with Crippen LogP contribution in [0.5, 0.6) is 0 Å². The van der Waals surface area contributed by atoms with Crippen molar-refractivity contribution < 1.29 is 32.3 Å². The number of hydrogen-bond acceptors (Lipinski definition) is 4. The monoisotopic (exact) mass is 509 g/mol. The average molecular weight is 510 g/mol. The zero-order chi connectivity index (χ0) is 26.8. The Bertz CT molecular complexity index is 1200. The van der Waals surface area contributed by atoms with Crippen LogP contribution >= 0.6 is 0 Å². The fourth-order valence-corrected chi connectivity index (χ4v) is 5.82. The Kier molecular flexibility index (Phi) is 6.16. The summed E-state index contributed by atoms with van der Waals surface area (Å²) < 4.78 is 56.0. The van der Waals surface area contributed by atoms with E-state index in [1.54, 1.807) is 24.8 Å². The lowest BCUT2D eigenvalue weighted by molar-refractivity contribution is -0.0897. The van der Waals surface area contributed by atoms with Gasteiger partial charge in [0.05, 0.1) is 22.4 Å². The number of likely N-dealkylation sites (tertiary alicyclic amines) is 1. The molecule has 1 aromatic heterocycles. The predicted octanol–water partition coefficient (Wildman–Crippen LogP) is 4.41. The van der Waals surface area contributed by atoms with Crippen molar-refractivity contribution in [3.8, 4) is 0 Å². The van der Waals surface area contributed by atoms with E-state index in [1.807, 2.05) is 7.05 Å². The summed E-state index contributed by atoms with van der Waals surface area (Å²) >= 11 is 0. The number of carbonyl (C=O) groups excluding carboxylic acids is 2. The molecule has 0 atom stereocenters. The third-order valence-electron chi connectivity index (χ3n) is 7.56. The van der Waals surface area contributed by atoms with E-state index in [-0.39, 0.29) is 22.7 Å². The Morgan fingerprint density at radius 3 is 2.17 bits per heavy atom. The number of rotatable bonds is 3. The van der Waals surface area contributed by atoms with Crippen molar-refractivity contribution in [1.29, 1.82) is 0 Å². The van der Waals surface area contributed by atoms with Crippen molar-refractivity contribution in [2.75, 3.05) is 26.7 Å². The van der Waals surface area contributed by atoms with Crippen LogP contribution in [0.2, 0.25) is 0 Å². The van der Waals surface area contributed by atoms with E-state index < -0.39 is 34.5 Å². The minimum atomic E-state index is -4.98. The molecule has 196 valence electrons. The second-order valence-electron chi connectivity index (χ2n) is 11.0. The molecular weight excluding hydrogens is 478 g/mol. The fourth-order valence-electron chi connectivity index (χ4n) is 5.82. The number of fused-ring (bicyclic) bond motifs is 2. The van der Waals surface area contributed by atoms with E-state index in [1.165, 1.54) is 36.6 Å². The normalized spacial score (nSPS) is 19.9. The van der Waals surface area contributed by atoms with Gasteiger partial charge in [0.2, 0.25) is 0 Å². The summed E-state index contributed by atoms with van der Waals surface area (Å²) in [5, 5.41) is 10.1. The number of aliphatic hydroxyl groups is 1. The number of piperidine rings is 1. The number of aromatic nitrogens is 1. The molecule has 0 radical (unpaired) electrons. The zero-order valence-electron chi connectivity index (χ0n) is 21.0. The van der Waals surface area contributed by atoms with Crippen LogP contribution in [-0.4, -0.2) is 64.0 Å². The van der Waals surface area contributed by atoms with Crippen molar-refractivity contribution in [1.82, 2.24) is 14.4 Å². The maximum atomic E-state index is 14.6. The molecule has 0 aliphatic carbocycles. The summed E-state index contributed by atoms with van der Waals surface area (Å²) in [5.74, 6) is -2.89. The van der Waals surface area contributed by atoms with Crippen LogP contribution in [0.15, 0.2) is 30.3 Å². The second-order valence-corrected chi connectivity index (χ2v) is 11.0. The smallest absolute Gasteiger partial charge is 0.386 e. The van der Waals surface area contributed by atoms with Gasteiger partial charge in [-0.05, 0) is 71.8 Å². The Morgan fingerprint density at radius 2 is 1.64 bits per heavy atom. The summed E-state index contributed by atoms with van der Waals surface area (Å²) in [6.45, 7) is 7.57. The molecule has 2 aliphatic rings. The lowest BCUT2D eigenvalue weighted by atomic mass is 9.78. The topological polar surface area (TPSA) is 65.8 Å². The first-order chi connectivity index (χ1) is 16.5. The molecule has 0 saturated carbocycles. The van der Waals surface area contributed by atoms with Crippen molar-refractivity contribution >= 4 is 11.7 Å². The van der Waals surface area contributed by atoms with Crippen LogP contribution < -0.4 is 0 Å². The number of benzene rings is 1. The van der Waals surface area contributed by atoms with Gasteiger partial charge in [-0.1, -0.05) is 6.07 Å². The lowest BCUT2D eigenvalue weighted by Crippen LogP contribution is -2.61. The Morgan fingerprint density at radius 1 is 1.03 bits per heavy atom. The number of ketones is 1. The molecule has 1 N–H and O–H groups in total. The zero-order valence-corrected chi connectivity index (χ0v) is 21.0. The van der Waals surface area contributed by atoms with Gasteiger partial charge in [-0.2, -0.15) is 13.2 Å². The molecule has 10 heteroatoms. The van der Waals surface area contributed by atoms with Gasteiger partial charge in [-0.15, -0.1) is 0 Å². The number of nitrogens with zero attached hydrogens (tertiary/aromatic N) is 3. The highest BCUT2D eigenvalue weighted by atomic mass is 19.4. The molecular formula is C26H31F4N3O3. The molecule has 1 fully saturated rings. The third kappa shape index (κ3) is 4.24. The van der Waals surface area contributed by atoms with E-state index in [2.05, 4.69) is 4.90 Å². The van der Waals surface area contributed by atoms with Crippen LogP contribution in [0.25, 0.3) is 0 Å². The molecule has 1 aromatic carbocycles. The molecule has 2 aliphatic heterocycles. The lowest BCUT2D eigenvalue weighted by Gasteiger charge is -2.55. The SMILES string of the molecule is CN1CC(C)(C)n2c(C(=O)C(F)(F)F)ccc2C12CCN(C(=O)c1ccc(C(C)(C)O)c(F)c1)CC2. The second kappa shape index (κ2) is 8.41. The van der Waals surface area contributed by atoms with E-state index in [0.717, 1.165) is 6.07 Å². The number of amides is 1. The van der Waals surface area contributed by atoms with E-state index in [9.17, 15) is 32.3 Å². The summed E-state index contributed by atoms with van der Waals surface area (Å²) in [6, 6.07) is 6.85. The third-order valence-corrected chi connectivity index (χ3v) is 7.56. The van der Waals surface area contributed by atoms with Gasteiger partial charge in [0.15, 0.2) is 0 Å². The highest BCUT2D eigenvalue weighted by Crippen LogP contribution is 2.46. The molecule has 1 amide bonds. The van der Waals surface area contributed by atoms with Crippen molar-refractivity contribution in [3.05, 3.63) is 58.7 Å². The molecule has 2 aromatic rings. The minimum absolute atomic E-state index is 0.0908. The van der Waals surface area contributed by atoms with Gasteiger partial charge in [0.25, 0.3) is 11.7 Å². The summed E-state index contributed by atoms with van der Waals surface area (Å²) in [7, 11) is 1.91. The van der Waals surface area contributed by atoms with Gasteiger partial charge in [0, 0.05) is 36.5 Å². The molecule has 3 heterocycles. The summed E-state index contributed by atoms with van der Waals surface area (Å²) in [4.78, 5) is 29.0. The van der Waals surface area contributed by atoms with Gasteiger partial charge >= 0.3 is 6.18 Å². The Balaban J connectivity index is 1.62. The van der Waals surface area contributed by atoms with Crippen molar-refractivity contribution in [2.24, 2.45) is 0 Å². The van der Waals surface area contributed by atoms with Crippen LogP contribution in [0.4, 0.5) is 17.6 Å². The molecule has 36 heavy (non-hydrogen) atoms. The Hall–Kier alpha value is -2.72. The van der Waals surface area contributed by atoms with Crippen LogP contribution in [0.1, 0.15) is 72.6 Å². The molecule has 1 saturated heterocycles. The van der Waals surface area contributed by atoms with E-state index >= 15 is 0 Å². The van der Waals surface area contributed by atoms with Gasteiger partial charge < -0.3 is 14.6 Å². The Labute approximate surface area is 207 Å². The maximum Gasteiger partial charge on any atom is 0.456 e. The first kappa shape index (κ1) is 26.3. The average Bonchev–Trinajstić information content (AvgIpc) is 3.22. The van der Waals surface area contributed by atoms with Crippen LogP contribution in [0, 0.1) is 5.82 Å². The molecule has 0 bridgehead atoms. The van der Waals surface area contributed by atoms with E-state index in [0.29, 0.717) is 38.2 Å². The highest BCUT2D eigenvalue weighted by molar-refractivity contribution is 5.99. The number of halogens is 4. The van der Waals surface area contributed by atoms with Crippen LogP contribution in [-0.2, 0) is 16.7 Å². The molecule has 4 rings (SSSR count). The number of carbonyl (C=O) groups is 2. The van der Waals surface area contributed by atoms with E-state index in [4.69, 9.17) is 0 Å². The maximum absolute atomic E-state index is 14.6. The van der Waals surface area contributed by atoms with Gasteiger partial charge in [0.1, 0.15) is 5.82 Å². The number of alkyl halides is 3. The van der Waals surface area contributed by atoms with Crippen molar-refractivity contribution in [3.63, 3.8) is 0 Å². The fraction of sp³-hybridized carbons (Fsp3) is 0.538. The predicted molar refractivity (Wildman–Crippen MR) is 125 cm³/mol. The number of hydrogen-bond donors (Lipinski definition) is 1. The molecule has 1 spiro atoms. The number of Topliss-reactive ketones (excluding diaryl/α,β-unsaturated/α-hetero) is 1. The first-order valence-corrected chi connectivity index (χ1v) is 11.9.